The summed E-state index contributed by atoms with van der Waals surface area (Å²) >= 11 is 2.06. The number of amides is 2. The Morgan fingerprint density at radius 1 is 1.14 bits per heavy atom. The zero-order valence-electron chi connectivity index (χ0n) is 24.1. The fourth-order valence-electron chi connectivity index (χ4n) is 4.73. The Labute approximate surface area is 260 Å². The normalized spacial score (nSPS) is 18.4. The van der Waals surface area contributed by atoms with Crippen LogP contribution < -0.4 is 19.5 Å². The number of allylic oxidation sites excluding steroid dienone is 1. The molecule has 0 spiro atoms. The van der Waals surface area contributed by atoms with E-state index in [9.17, 15) is 24.9 Å². The predicted molar refractivity (Wildman–Crippen MR) is 166 cm³/mol. The molecule has 1 aliphatic rings. The number of hydrogen-bond acceptors (Lipinski definition) is 8. The first kappa shape index (κ1) is 33.4. The number of carbonyl (C=O) groups excluding carboxylic acids is 2. The Kier molecular flexibility index (Phi) is 13.1. The van der Waals surface area contributed by atoms with Gasteiger partial charge in [-0.05, 0) is 83.0 Å². The molecule has 228 valence electrons. The molecule has 0 radical (unpaired) electrons. The Morgan fingerprint density at radius 3 is 2.60 bits per heavy atom. The highest BCUT2D eigenvalue weighted by molar-refractivity contribution is 14.1. The van der Waals surface area contributed by atoms with Gasteiger partial charge < -0.3 is 39.7 Å². The molecule has 11 heteroatoms. The van der Waals surface area contributed by atoms with Crippen LogP contribution in [0.4, 0.5) is 0 Å². The minimum atomic E-state index is -1.19. The molecule has 0 aliphatic heterocycles. The molecule has 3 unspecified atom stereocenters. The van der Waals surface area contributed by atoms with E-state index in [-0.39, 0.29) is 38.6 Å². The molecule has 0 bridgehead atoms. The summed E-state index contributed by atoms with van der Waals surface area (Å²) in [6, 6.07) is 10.1. The second-order valence-corrected chi connectivity index (χ2v) is 10.9. The monoisotopic (exact) mass is 694 g/mol. The number of nitrogens with one attached hydrogen (secondary N) is 1. The van der Waals surface area contributed by atoms with Gasteiger partial charge >= 0.3 is 0 Å². The maximum atomic E-state index is 13.5. The van der Waals surface area contributed by atoms with Crippen LogP contribution in [-0.4, -0.2) is 84.2 Å². The van der Waals surface area contributed by atoms with Crippen molar-refractivity contribution in [2.24, 2.45) is 0 Å². The summed E-state index contributed by atoms with van der Waals surface area (Å²) in [7, 11) is 3.06. The number of methoxy groups -OCH3 is 2. The van der Waals surface area contributed by atoms with Gasteiger partial charge in [-0.1, -0.05) is 25.1 Å². The van der Waals surface area contributed by atoms with Crippen molar-refractivity contribution < 1.29 is 39.1 Å². The molecular formula is C31H39IN2O8. The Hall–Kier alpha value is -3.13. The SMILES string of the molecule is CCC=CC(=O)N(CCc1cccc(OC)c1)C1CC(C(=O)NCCO)=CC(Oc2c(I)cc(CO)cc2OC)C1O. The zero-order valence-corrected chi connectivity index (χ0v) is 26.2. The molecule has 0 saturated carbocycles. The van der Waals surface area contributed by atoms with E-state index in [4.69, 9.17) is 14.2 Å². The van der Waals surface area contributed by atoms with Crippen molar-refractivity contribution >= 4 is 34.4 Å². The van der Waals surface area contributed by atoms with E-state index in [2.05, 4.69) is 27.9 Å². The third-order valence-corrected chi connectivity index (χ3v) is 7.70. The van der Waals surface area contributed by atoms with E-state index in [0.717, 1.165) is 5.56 Å². The number of aliphatic hydroxyl groups excluding tert-OH is 3. The van der Waals surface area contributed by atoms with Gasteiger partial charge in [0, 0.05) is 25.1 Å². The second-order valence-electron chi connectivity index (χ2n) is 9.73. The highest BCUT2D eigenvalue weighted by Gasteiger charge is 2.40. The smallest absolute Gasteiger partial charge is 0.247 e. The predicted octanol–water partition coefficient (Wildman–Crippen LogP) is 2.75. The highest BCUT2D eigenvalue weighted by atomic mass is 127. The van der Waals surface area contributed by atoms with Gasteiger partial charge in [-0.25, -0.2) is 0 Å². The van der Waals surface area contributed by atoms with Crippen LogP contribution in [0.1, 0.15) is 30.9 Å². The van der Waals surface area contributed by atoms with E-state index in [1.54, 1.807) is 36.3 Å². The Bertz CT molecular complexity index is 1280. The zero-order chi connectivity index (χ0) is 30.6. The molecule has 1 aliphatic carbocycles. The van der Waals surface area contributed by atoms with Crippen LogP contribution in [0.3, 0.4) is 0 Å². The van der Waals surface area contributed by atoms with Gasteiger partial charge in [-0.3, -0.25) is 9.59 Å². The number of carbonyl (C=O) groups is 2. The van der Waals surface area contributed by atoms with Gasteiger partial charge in [0.2, 0.25) is 11.8 Å². The van der Waals surface area contributed by atoms with Crippen molar-refractivity contribution in [1.82, 2.24) is 10.2 Å². The van der Waals surface area contributed by atoms with E-state index in [1.807, 2.05) is 31.2 Å². The molecule has 3 rings (SSSR count). The fraction of sp³-hybridized carbons (Fsp3) is 0.419. The molecule has 0 aromatic heterocycles. The maximum Gasteiger partial charge on any atom is 0.247 e. The molecule has 3 atom stereocenters. The lowest BCUT2D eigenvalue weighted by molar-refractivity contribution is -0.133. The topological polar surface area (TPSA) is 138 Å². The maximum absolute atomic E-state index is 13.5. The van der Waals surface area contributed by atoms with Crippen molar-refractivity contribution in [3.8, 4) is 17.2 Å². The van der Waals surface area contributed by atoms with Crippen molar-refractivity contribution in [2.75, 3.05) is 33.9 Å². The summed E-state index contributed by atoms with van der Waals surface area (Å²) in [5.41, 5.74) is 1.90. The summed E-state index contributed by atoms with van der Waals surface area (Å²) in [6.07, 6.45) is 3.82. The first-order valence-corrected chi connectivity index (χ1v) is 14.9. The van der Waals surface area contributed by atoms with Gasteiger partial charge in [0.25, 0.3) is 0 Å². The third kappa shape index (κ3) is 8.69. The molecule has 2 amide bonds. The number of ether oxygens (including phenoxy) is 3. The molecule has 0 fully saturated rings. The van der Waals surface area contributed by atoms with Crippen LogP contribution in [0.5, 0.6) is 17.2 Å². The number of aliphatic hydroxyl groups is 3. The molecule has 2 aromatic rings. The summed E-state index contributed by atoms with van der Waals surface area (Å²) in [6.45, 7) is 1.83. The van der Waals surface area contributed by atoms with Crippen LogP contribution >= 0.6 is 22.6 Å². The molecule has 0 heterocycles. The highest BCUT2D eigenvalue weighted by Crippen LogP contribution is 2.37. The van der Waals surface area contributed by atoms with Crippen molar-refractivity contribution in [1.29, 1.82) is 0 Å². The molecule has 42 heavy (non-hydrogen) atoms. The molecular weight excluding hydrogens is 655 g/mol. The van der Waals surface area contributed by atoms with Crippen molar-refractivity contribution in [3.63, 3.8) is 0 Å². The van der Waals surface area contributed by atoms with Crippen LogP contribution in [0.2, 0.25) is 0 Å². The fourth-order valence-corrected chi connectivity index (χ4v) is 5.52. The summed E-state index contributed by atoms with van der Waals surface area (Å²) in [5.74, 6) is 0.683. The van der Waals surface area contributed by atoms with Crippen LogP contribution in [0, 0.1) is 3.57 Å². The largest absolute Gasteiger partial charge is 0.497 e. The Balaban J connectivity index is 2.01. The van der Waals surface area contributed by atoms with Gasteiger partial charge in [0.05, 0.1) is 37.0 Å². The van der Waals surface area contributed by atoms with Crippen LogP contribution in [0.15, 0.2) is 60.2 Å². The lowest BCUT2D eigenvalue weighted by Crippen LogP contribution is -2.55. The second kappa shape index (κ2) is 16.5. The quantitative estimate of drug-likeness (QED) is 0.175. The van der Waals surface area contributed by atoms with E-state index in [0.29, 0.717) is 44.8 Å². The first-order chi connectivity index (χ1) is 20.3. The number of rotatable bonds is 14. The minimum Gasteiger partial charge on any atom is -0.497 e. The van der Waals surface area contributed by atoms with Gasteiger partial charge in [0.15, 0.2) is 11.5 Å². The van der Waals surface area contributed by atoms with Crippen LogP contribution in [-0.2, 0) is 22.6 Å². The van der Waals surface area contributed by atoms with Crippen molar-refractivity contribution in [2.45, 2.75) is 51.0 Å². The number of halogens is 1. The molecule has 0 saturated heterocycles. The minimum absolute atomic E-state index is 0.0565. The van der Waals surface area contributed by atoms with Gasteiger partial charge in [-0.15, -0.1) is 0 Å². The number of nitrogens with zero attached hydrogens (tertiary/aromatic N) is 1. The van der Waals surface area contributed by atoms with Crippen LogP contribution in [0.25, 0.3) is 0 Å². The average molecular weight is 695 g/mol. The van der Waals surface area contributed by atoms with Gasteiger partial charge in [0.1, 0.15) is 18.0 Å². The molecule has 4 N–H and O–H groups in total. The van der Waals surface area contributed by atoms with E-state index in [1.165, 1.54) is 13.2 Å². The summed E-state index contributed by atoms with van der Waals surface area (Å²) < 4.78 is 17.8. The lowest BCUT2D eigenvalue weighted by Gasteiger charge is -2.40. The first-order valence-electron chi connectivity index (χ1n) is 13.8. The third-order valence-electron chi connectivity index (χ3n) is 6.90. The molecule has 10 nitrogen and oxygen atoms in total. The lowest BCUT2D eigenvalue weighted by atomic mass is 9.87. The standard InChI is InChI=1S/C31H39IN2O8/c1-4-5-9-28(37)34(12-10-20-7-6-8-23(14-20)40-2)25-17-22(31(39)33-11-13-35)18-26(29(25)38)42-30-24(32)15-21(19-36)16-27(30)41-3/h5-9,14-16,18,25-26,29,35-36,38H,4,10-13,17,19H2,1-3H3,(H,33,39). The number of benzene rings is 2. The van der Waals surface area contributed by atoms with E-state index < -0.39 is 24.2 Å². The summed E-state index contributed by atoms with van der Waals surface area (Å²) in [5, 5.41) is 33.2. The van der Waals surface area contributed by atoms with E-state index >= 15 is 0 Å². The summed E-state index contributed by atoms with van der Waals surface area (Å²) in [4.78, 5) is 28.2. The molecule has 2 aromatic carbocycles. The van der Waals surface area contributed by atoms with Gasteiger partial charge in [-0.2, -0.15) is 0 Å². The Morgan fingerprint density at radius 2 is 1.93 bits per heavy atom. The van der Waals surface area contributed by atoms with Crippen molar-refractivity contribution in [3.05, 3.63) is 74.9 Å². The number of hydrogen-bond donors (Lipinski definition) is 4. The average Bonchev–Trinajstić information content (AvgIpc) is 3.00.